The Morgan fingerprint density at radius 3 is 2.54 bits per heavy atom. The summed E-state index contributed by atoms with van der Waals surface area (Å²) in [6.07, 6.45) is 2.78. The third-order valence-electron chi connectivity index (χ3n) is 3.83. The number of aliphatic carboxylic acids is 1. The molecule has 0 saturated heterocycles. The van der Waals surface area contributed by atoms with E-state index in [9.17, 15) is 19.6 Å². The zero-order valence-corrected chi connectivity index (χ0v) is 16.2. The number of esters is 1. The number of nitrogens with zero attached hydrogens (tertiary/aromatic N) is 1. The normalized spacial score (nSPS) is 12.0. The van der Waals surface area contributed by atoms with E-state index in [2.05, 4.69) is 10.6 Å². The lowest BCUT2D eigenvalue weighted by Gasteiger charge is -2.17. The van der Waals surface area contributed by atoms with Crippen molar-refractivity contribution in [1.82, 2.24) is 5.32 Å². The fourth-order valence-corrected chi connectivity index (χ4v) is 2.20. The van der Waals surface area contributed by atoms with E-state index in [1.165, 1.54) is 0 Å². The van der Waals surface area contributed by atoms with E-state index in [0.29, 0.717) is 12.3 Å². The van der Waals surface area contributed by atoms with Gasteiger partial charge in [0.15, 0.2) is 0 Å². The van der Waals surface area contributed by atoms with Gasteiger partial charge in [-0.05, 0) is 24.5 Å². The van der Waals surface area contributed by atoms with E-state index in [4.69, 9.17) is 9.84 Å². The molecule has 150 valence electrons. The van der Waals surface area contributed by atoms with Gasteiger partial charge in [0.25, 0.3) is 5.91 Å². The Labute approximate surface area is 164 Å². The van der Waals surface area contributed by atoms with Gasteiger partial charge in [-0.1, -0.05) is 39.3 Å². The molecule has 0 saturated carbocycles. The molecule has 0 aliphatic carbocycles. The Balaban J connectivity index is 2.93. The van der Waals surface area contributed by atoms with E-state index >= 15 is 0 Å². The second kappa shape index (κ2) is 11.4. The highest BCUT2D eigenvalue weighted by atomic mass is 16.5. The quantitative estimate of drug-likeness (QED) is 0.244. The van der Waals surface area contributed by atoms with Crippen LogP contribution in [0.4, 0.5) is 5.69 Å². The van der Waals surface area contributed by atoms with Crippen molar-refractivity contribution in [1.29, 1.82) is 5.26 Å². The van der Waals surface area contributed by atoms with Crippen LogP contribution in [0.1, 0.15) is 44.0 Å². The van der Waals surface area contributed by atoms with Crippen LogP contribution < -0.4 is 10.6 Å². The topological polar surface area (TPSA) is 129 Å². The first-order valence-corrected chi connectivity index (χ1v) is 8.98. The molecule has 1 aromatic carbocycles. The zero-order valence-electron chi connectivity index (χ0n) is 16.2. The number of nitriles is 1. The molecule has 1 unspecified atom stereocenters. The predicted octanol–water partition coefficient (Wildman–Crippen LogP) is 2.69. The van der Waals surface area contributed by atoms with Gasteiger partial charge in [0.05, 0.1) is 17.9 Å². The standard InChI is InChI=1S/C20H25N3O5/c1-4-5-10-28-20(27)15-8-6-7-9-16(15)22-12-14(11-21)18(24)23-17(13(2)3)19(25)26/h6-9,12-13,17,22H,4-5,10H2,1-3H3,(H,23,24)(H,25,26)/b14-12-. The van der Waals surface area contributed by atoms with Crippen LogP contribution in [0.3, 0.4) is 0 Å². The number of amides is 1. The summed E-state index contributed by atoms with van der Waals surface area (Å²) >= 11 is 0. The molecule has 0 radical (unpaired) electrons. The number of nitrogens with one attached hydrogen (secondary N) is 2. The number of para-hydroxylation sites is 1. The van der Waals surface area contributed by atoms with Gasteiger partial charge in [0, 0.05) is 6.20 Å². The van der Waals surface area contributed by atoms with Gasteiger partial charge in [0.1, 0.15) is 17.7 Å². The van der Waals surface area contributed by atoms with Crippen LogP contribution in [0.2, 0.25) is 0 Å². The van der Waals surface area contributed by atoms with Crippen LogP contribution in [-0.4, -0.2) is 35.6 Å². The molecule has 8 heteroatoms. The number of anilines is 1. The minimum Gasteiger partial charge on any atom is -0.480 e. The van der Waals surface area contributed by atoms with Crippen LogP contribution in [0, 0.1) is 17.2 Å². The maximum absolute atomic E-state index is 12.2. The van der Waals surface area contributed by atoms with Crippen molar-refractivity contribution < 1.29 is 24.2 Å². The van der Waals surface area contributed by atoms with Gasteiger partial charge in [0.2, 0.25) is 0 Å². The highest BCUT2D eigenvalue weighted by molar-refractivity contribution is 6.00. The smallest absolute Gasteiger partial charge is 0.340 e. The number of carbonyl (C=O) groups is 3. The van der Waals surface area contributed by atoms with Crippen molar-refractivity contribution >= 4 is 23.5 Å². The van der Waals surface area contributed by atoms with Gasteiger partial charge in [-0.3, -0.25) is 4.79 Å². The first-order chi connectivity index (χ1) is 13.3. The van der Waals surface area contributed by atoms with Crippen molar-refractivity contribution in [2.45, 2.75) is 39.7 Å². The highest BCUT2D eigenvalue weighted by Gasteiger charge is 2.25. The van der Waals surface area contributed by atoms with Gasteiger partial charge in [-0.25, -0.2) is 9.59 Å². The summed E-state index contributed by atoms with van der Waals surface area (Å²) < 4.78 is 5.19. The highest BCUT2D eigenvalue weighted by Crippen LogP contribution is 2.17. The van der Waals surface area contributed by atoms with Gasteiger partial charge in [-0.15, -0.1) is 0 Å². The van der Waals surface area contributed by atoms with E-state index in [1.807, 2.05) is 6.92 Å². The molecule has 0 fully saturated rings. The molecule has 0 aliphatic rings. The minimum atomic E-state index is -1.19. The average molecular weight is 387 g/mol. The number of carboxylic acid groups (broad SMARTS) is 1. The number of rotatable bonds is 10. The maximum atomic E-state index is 12.2. The summed E-state index contributed by atoms with van der Waals surface area (Å²) in [6.45, 7) is 5.58. The molecule has 3 N–H and O–H groups in total. The summed E-state index contributed by atoms with van der Waals surface area (Å²) in [6, 6.07) is 7.13. The molecule has 0 spiro atoms. The molecule has 28 heavy (non-hydrogen) atoms. The van der Waals surface area contributed by atoms with Crippen LogP contribution in [0.15, 0.2) is 36.0 Å². The lowest BCUT2D eigenvalue weighted by atomic mass is 10.0. The van der Waals surface area contributed by atoms with E-state index in [1.54, 1.807) is 44.2 Å². The lowest BCUT2D eigenvalue weighted by Crippen LogP contribution is -2.44. The average Bonchev–Trinajstić information content (AvgIpc) is 2.66. The largest absolute Gasteiger partial charge is 0.480 e. The molecule has 1 aromatic rings. The van der Waals surface area contributed by atoms with Crippen molar-refractivity contribution in [3.8, 4) is 6.07 Å². The van der Waals surface area contributed by atoms with Crippen molar-refractivity contribution in [2.75, 3.05) is 11.9 Å². The molecule has 1 rings (SSSR count). The van der Waals surface area contributed by atoms with Gasteiger partial charge >= 0.3 is 11.9 Å². The summed E-state index contributed by atoms with van der Waals surface area (Å²) in [5, 5.41) is 23.5. The minimum absolute atomic E-state index is 0.262. The number of carbonyl (C=O) groups excluding carboxylic acids is 2. The maximum Gasteiger partial charge on any atom is 0.340 e. The first-order valence-electron chi connectivity index (χ1n) is 8.98. The second-order valence-corrected chi connectivity index (χ2v) is 6.38. The lowest BCUT2D eigenvalue weighted by molar-refractivity contribution is -0.142. The molecule has 1 atom stereocenters. The monoisotopic (exact) mass is 387 g/mol. The van der Waals surface area contributed by atoms with Crippen LogP contribution in [-0.2, 0) is 14.3 Å². The number of ether oxygens (including phenoxy) is 1. The fourth-order valence-electron chi connectivity index (χ4n) is 2.20. The molecule has 0 aromatic heterocycles. The third-order valence-corrected chi connectivity index (χ3v) is 3.83. The van der Waals surface area contributed by atoms with Crippen molar-refractivity contribution in [3.05, 3.63) is 41.6 Å². The molecular formula is C20H25N3O5. The Morgan fingerprint density at radius 1 is 1.29 bits per heavy atom. The van der Waals surface area contributed by atoms with Gasteiger partial charge < -0.3 is 20.5 Å². The Hall–Kier alpha value is -3.34. The van der Waals surface area contributed by atoms with E-state index < -0.39 is 23.9 Å². The third kappa shape index (κ3) is 6.76. The predicted molar refractivity (Wildman–Crippen MR) is 103 cm³/mol. The molecule has 0 bridgehead atoms. The Kier molecular flexibility index (Phi) is 9.23. The SMILES string of the molecule is CCCCOC(=O)c1ccccc1N/C=C(/C#N)C(=O)NC(C(=O)O)C(C)C. The van der Waals surface area contributed by atoms with Crippen molar-refractivity contribution in [2.24, 2.45) is 5.92 Å². The van der Waals surface area contributed by atoms with E-state index in [-0.39, 0.29) is 17.1 Å². The summed E-state index contributed by atoms with van der Waals surface area (Å²) in [7, 11) is 0. The number of hydrogen-bond donors (Lipinski definition) is 3. The number of benzene rings is 1. The first kappa shape index (κ1) is 22.7. The molecule has 1 amide bonds. The Morgan fingerprint density at radius 2 is 1.96 bits per heavy atom. The Bertz CT molecular complexity index is 780. The fraction of sp³-hybridized carbons (Fsp3) is 0.400. The molecular weight excluding hydrogens is 362 g/mol. The second-order valence-electron chi connectivity index (χ2n) is 6.38. The number of unbranched alkanes of at least 4 members (excludes halogenated alkanes) is 1. The summed E-state index contributed by atoms with van der Waals surface area (Å²) in [5.74, 6) is -2.88. The van der Waals surface area contributed by atoms with Crippen LogP contribution in [0.25, 0.3) is 0 Å². The van der Waals surface area contributed by atoms with E-state index in [0.717, 1.165) is 19.0 Å². The van der Waals surface area contributed by atoms with Crippen molar-refractivity contribution in [3.63, 3.8) is 0 Å². The summed E-state index contributed by atoms with van der Waals surface area (Å²) in [4.78, 5) is 35.6. The van der Waals surface area contributed by atoms with Crippen LogP contribution >= 0.6 is 0 Å². The molecule has 0 heterocycles. The number of carboxylic acids is 1. The van der Waals surface area contributed by atoms with Crippen LogP contribution in [0.5, 0.6) is 0 Å². The molecule has 0 aliphatic heterocycles. The zero-order chi connectivity index (χ0) is 21.1. The molecule has 8 nitrogen and oxygen atoms in total. The number of hydrogen-bond acceptors (Lipinski definition) is 6. The summed E-state index contributed by atoms with van der Waals surface area (Å²) in [5.41, 5.74) is 0.308. The van der Waals surface area contributed by atoms with Gasteiger partial charge in [-0.2, -0.15) is 5.26 Å².